The van der Waals surface area contributed by atoms with Gasteiger partial charge in [0.2, 0.25) is 6.93 Å². The Morgan fingerprint density at radius 1 is 0.957 bits per heavy atom. The van der Waals surface area contributed by atoms with Crippen molar-refractivity contribution >= 4 is 16.7 Å². The number of carboxylic acids is 1. The van der Waals surface area contributed by atoms with Gasteiger partial charge in [0.05, 0.1) is 5.56 Å². The average Bonchev–Trinajstić information content (AvgIpc) is 2.55. The van der Waals surface area contributed by atoms with Crippen LogP contribution in [0.3, 0.4) is 0 Å². The van der Waals surface area contributed by atoms with E-state index in [0.717, 1.165) is 21.9 Å². The fraction of sp³-hybridized carbons (Fsp3) is 0.0556. The Kier molecular flexibility index (Phi) is 5.36. The second-order valence-electron chi connectivity index (χ2n) is 4.65. The van der Waals surface area contributed by atoms with Crippen molar-refractivity contribution in [3.8, 4) is 11.1 Å². The van der Waals surface area contributed by atoms with Gasteiger partial charge >= 0.3 is 5.97 Å². The van der Waals surface area contributed by atoms with Crippen LogP contribution < -0.4 is 0 Å². The normalized spacial score (nSPS) is 10.0. The molecule has 0 aromatic heterocycles. The van der Waals surface area contributed by atoms with Crippen molar-refractivity contribution in [1.82, 2.24) is 0 Å². The van der Waals surface area contributed by atoms with Gasteiger partial charge in [-0.1, -0.05) is 36.4 Å². The second-order valence-corrected chi connectivity index (χ2v) is 4.65. The van der Waals surface area contributed by atoms with E-state index in [2.05, 4.69) is 0 Å². The van der Waals surface area contributed by atoms with Crippen LogP contribution in [0.2, 0.25) is 0 Å². The summed E-state index contributed by atoms with van der Waals surface area (Å²) < 4.78 is 32.2. The van der Waals surface area contributed by atoms with Gasteiger partial charge in [0.25, 0.3) is 0 Å². The number of hydrogen-bond donors (Lipinski definition) is 1. The average molecular weight is 318 g/mol. The van der Waals surface area contributed by atoms with Crippen LogP contribution in [0.25, 0.3) is 21.9 Å². The first-order valence-corrected chi connectivity index (χ1v) is 6.70. The molecule has 0 aliphatic rings. The Labute approximate surface area is 130 Å². The fourth-order valence-corrected chi connectivity index (χ4v) is 2.30. The second kappa shape index (κ2) is 7.45. The molecule has 0 aliphatic carbocycles. The van der Waals surface area contributed by atoms with Crippen molar-refractivity contribution in [3.05, 3.63) is 72.0 Å². The van der Waals surface area contributed by atoms with E-state index in [-0.39, 0.29) is 11.4 Å². The molecule has 0 spiro atoms. The molecule has 5 heteroatoms. The zero-order valence-electron chi connectivity index (χ0n) is 12.0. The third-order valence-electron chi connectivity index (χ3n) is 3.28. The van der Waals surface area contributed by atoms with E-state index >= 15 is 0 Å². The molecule has 3 aromatic rings. The smallest absolute Gasteiger partial charge is 0.335 e. The van der Waals surface area contributed by atoms with Crippen molar-refractivity contribution < 1.29 is 23.1 Å². The molecule has 0 bridgehead atoms. The lowest BCUT2D eigenvalue weighted by atomic mass is 9.97. The third kappa shape index (κ3) is 3.88. The molecule has 118 valence electrons. The molecule has 0 saturated carbocycles. The molecular weight excluding hydrogens is 305 g/mol. The summed E-state index contributed by atoms with van der Waals surface area (Å²) in [5.41, 5.74) is 2.12. The summed E-state index contributed by atoms with van der Waals surface area (Å²) in [5, 5.41) is 10.8. The van der Waals surface area contributed by atoms with Crippen LogP contribution in [-0.4, -0.2) is 18.0 Å². The third-order valence-corrected chi connectivity index (χ3v) is 3.28. The van der Waals surface area contributed by atoms with E-state index < -0.39 is 12.9 Å². The quantitative estimate of drug-likeness (QED) is 0.703. The first-order chi connectivity index (χ1) is 11.1. The maximum Gasteiger partial charge on any atom is 0.335 e. The number of halogens is 3. The van der Waals surface area contributed by atoms with Crippen molar-refractivity contribution in [2.45, 2.75) is 0 Å². The fourth-order valence-electron chi connectivity index (χ4n) is 2.30. The van der Waals surface area contributed by atoms with Gasteiger partial charge in [-0.3, -0.25) is 0 Å². The van der Waals surface area contributed by atoms with Crippen LogP contribution in [-0.2, 0) is 0 Å². The van der Waals surface area contributed by atoms with Crippen LogP contribution in [0.1, 0.15) is 10.4 Å². The molecule has 1 N–H and O–H groups in total. The van der Waals surface area contributed by atoms with E-state index in [1.165, 1.54) is 12.1 Å². The summed E-state index contributed by atoms with van der Waals surface area (Å²) in [5.74, 6) is -1.22. The summed E-state index contributed by atoms with van der Waals surface area (Å²) in [6.45, 7) is -1.75. The van der Waals surface area contributed by atoms with Crippen molar-refractivity contribution in [1.29, 1.82) is 0 Å². The van der Waals surface area contributed by atoms with E-state index in [1.807, 2.05) is 18.2 Å². The highest BCUT2D eigenvalue weighted by molar-refractivity contribution is 6.00. The van der Waals surface area contributed by atoms with Gasteiger partial charge in [0.15, 0.2) is 0 Å². The molecule has 0 fully saturated rings. The van der Waals surface area contributed by atoms with Gasteiger partial charge < -0.3 is 5.11 Å². The van der Waals surface area contributed by atoms with E-state index in [9.17, 15) is 18.0 Å². The van der Waals surface area contributed by atoms with Crippen LogP contribution in [0.15, 0.2) is 60.7 Å². The largest absolute Gasteiger partial charge is 0.478 e. The molecule has 0 atom stereocenters. The summed E-state index contributed by atoms with van der Waals surface area (Å²) in [6, 6.07) is 17.0. The minimum Gasteiger partial charge on any atom is -0.478 e. The summed E-state index contributed by atoms with van der Waals surface area (Å²) in [6.07, 6.45) is 0. The molecule has 23 heavy (non-hydrogen) atoms. The van der Waals surface area contributed by atoms with Crippen LogP contribution in [0.4, 0.5) is 13.2 Å². The lowest BCUT2D eigenvalue weighted by Gasteiger charge is -2.07. The van der Waals surface area contributed by atoms with Crippen LogP contribution >= 0.6 is 0 Å². The first kappa shape index (κ1) is 16.5. The number of fused-ring (bicyclic) bond motifs is 1. The van der Waals surface area contributed by atoms with Crippen LogP contribution in [0, 0.1) is 5.82 Å². The highest BCUT2D eigenvalue weighted by atomic mass is 19.3. The van der Waals surface area contributed by atoms with Crippen molar-refractivity contribution in [3.63, 3.8) is 0 Å². The van der Waals surface area contributed by atoms with Gasteiger partial charge in [-0.05, 0) is 46.2 Å². The summed E-state index contributed by atoms with van der Waals surface area (Å²) in [4.78, 5) is 11.0. The Balaban J connectivity index is 0.000000595. The SMILES string of the molecule is FCF.O=C(O)c1ccc2c(-c3ccc(F)cc3)cccc2c1. The Morgan fingerprint density at radius 2 is 1.61 bits per heavy atom. The van der Waals surface area contributed by atoms with E-state index in [0.29, 0.717) is 0 Å². The van der Waals surface area contributed by atoms with Crippen molar-refractivity contribution in [2.75, 3.05) is 6.93 Å². The molecule has 0 unspecified atom stereocenters. The maximum atomic E-state index is 13.0. The van der Waals surface area contributed by atoms with Crippen molar-refractivity contribution in [2.24, 2.45) is 0 Å². The summed E-state index contributed by atoms with van der Waals surface area (Å²) in [7, 11) is 0. The number of carboxylic acid groups (broad SMARTS) is 1. The molecule has 3 rings (SSSR count). The Bertz CT molecular complexity index is 814. The predicted octanol–water partition coefficient (Wildman–Crippen LogP) is 5.23. The summed E-state index contributed by atoms with van der Waals surface area (Å²) >= 11 is 0. The molecule has 0 aliphatic heterocycles. The molecule has 0 amide bonds. The highest BCUT2D eigenvalue weighted by Crippen LogP contribution is 2.29. The molecule has 3 aromatic carbocycles. The Hall–Kier alpha value is -2.82. The van der Waals surface area contributed by atoms with Gasteiger partial charge in [-0.25, -0.2) is 18.0 Å². The number of carbonyl (C=O) groups is 1. The van der Waals surface area contributed by atoms with E-state index in [1.54, 1.807) is 30.3 Å². The molecule has 0 saturated heterocycles. The van der Waals surface area contributed by atoms with Gasteiger partial charge in [-0.15, -0.1) is 0 Å². The lowest BCUT2D eigenvalue weighted by Crippen LogP contribution is -1.95. The van der Waals surface area contributed by atoms with Gasteiger partial charge in [-0.2, -0.15) is 0 Å². The minimum absolute atomic E-state index is 0.258. The predicted molar refractivity (Wildman–Crippen MR) is 83.4 cm³/mol. The molecular formula is C18H13F3O2. The van der Waals surface area contributed by atoms with E-state index in [4.69, 9.17) is 5.11 Å². The molecule has 0 radical (unpaired) electrons. The number of rotatable bonds is 2. The maximum absolute atomic E-state index is 13.0. The zero-order valence-corrected chi connectivity index (χ0v) is 12.0. The number of benzene rings is 3. The number of alkyl halides is 2. The van der Waals surface area contributed by atoms with Gasteiger partial charge in [0.1, 0.15) is 5.82 Å². The van der Waals surface area contributed by atoms with Crippen LogP contribution in [0.5, 0.6) is 0 Å². The molecule has 2 nitrogen and oxygen atoms in total. The highest BCUT2D eigenvalue weighted by Gasteiger charge is 2.07. The standard InChI is InChI=1S/C17H11FO2.CH2F2/c18-14-7-4-11(5-8-14)15-3-1-2-12-10-13(17(19)20)6-9-16(12)15;2-1-3/h1-10H,(H,19,20);1H2. The monoisotopic (exact) mass is 318 g/mol. The first-order valence-electron chi connectivity index (χ1n) is 6.70. The minimum atomic E-state index is -1.75. The topological polar surface area (TPSA) is 37.3 Å². The molecule has 0 heterocycles. The number of hydrogen-bond acceptors (Lipinski definition) is 1. The number of aromatic carboxylic acids is 1. The Morgan fingerprint density at radius 3 is 2.22 bits per heavy atom. The zero-order chi connectivity index (χ0) is 16.8. The lowest BCUT2D eigenvalue weighted by molar-refractivity contribution is 0.0697. The van der Waals surface area contributed by atoms with Gasteiger partial charge in [0, 0.05) is 0 Å².